The van der Waals surface area contributed by atoms with Gasteiger partial charge < -0.3 is 46.4 Å². The van der Waals surface area contributed by atoms with Gasteiger partial charge in [0, 0.05) is 33.0 Å². The van der Waals surface area contributed by atoms with E-state index in [1.807, 2.05) is 37.3 Å². The third-order valence-electron chi connectivity index (χ3n) is 12.0. The Morgan fingerprint density at radius 3 is 1.91 bits per heavy atom. The zero-order valence-corrected chi connectivity index (χ0v) is 39.6. The van der Waals surface area contributed by atoms with Crippen LogP contribution in [-0.4, -0.2) is 131 Å². The molecule has 19 nitrogen and oxygen atoms in total. The lowest BCUT2D eigenvalue weighted by molar-refractivity contribution is -0.146. The van der Waals surface area contributed by atoms with Crippen molar-refractivity contribution in [1.29, 1.82) is 0 Å². The fourth-order valence-corrected chi connectivity index (χ4v) is 7.51. The summed E-state index contributed by atoms with van der Waals surface area (Å²) in [4.78, 5) is 124. The van der Waals surface area contributed by atoms with E-state index in [0.29, 0.717) is 12.8 Å². The summed E-state index contributed by atoms with van der Waals surface area (Å²) in [7, 11) is 2.97. The summed E-state index contributed by atoms with van der Waals surface area (Å²) >= 11 is 0. The fraction of sp³-hybridized carbons (Fsp3) is 0.652. The summed E-state index contributed by atoms with van der Waals surface area (Å²) in [5.41, 5.74) is 0.511. The van der Waals surface area contributed by atoms with Crippen LogP contribution in [0.5, 0.6) is 0 Å². The Morgan fingerprint density at radius 2 is 1.35 bits per heavy atom. The number of aliphatic carboxylic acids is 2. The van der Waals surface area contributed by atoms with E-state index in [0.717, 1.165) is 16.9 Å². The van der Waals surface area contributed by atoms with Crippen LogP contribution in [-0.2, 0) is 54.3 Å². The Bertz CT molecular complexity index is 1870. The molecule has 65 heavy (non-hydrogen) atoms. The standard InChI is InChI=1S/C46H71N7O12/c1-24(2)21-35-44(60)52-38(46(63)64)28(6)40(56)47-29(7)41(57)49-33(18-17-25(3)22-26(4)36(65-11)23-32-15-13-12-14-16-32)27(5)39(55)50-34(45(61)62)19-20-37(54)53(10)31(9)43(59)48-30(8)42(58)51-35/h12-16,24-31,33,35-36,38H,17-23H2,1-11H3,(H,47,56)(H,48,59)(H,49,57)(H,51,58)(H,52,60)(H,61,62)(H,63,64)/t25?,26-,27-,28-,29-,30+,31-,33-,35-,36-,38+/m0/s1. The van der Waals surface area contributed by atoms with E-state index >= 15 is 0 Å². The number of benzene rings is 1. The molecule has 19 heteroatoms. The number of carboxylic acids is 2. The molecule has 1 aromatic carbocycles. The van der Waals surface area contributed by atoms with E-state index in [1.165, 1.54) is 41.7 Å². The molecule has 1 aliphatic rings. The average Bonchev–Trinajstić information content (AvgIpc) is 3.25. The lowest BCUT2D eigenvalue weighted by Crippen LogP contribution is -2.59. The number of likely N-dealkylation sites (N-methyl/N-ethyl adjacent to an activating group) is 1. The molecular weight excluding hydrogens is 843 g/mol. The van der Waals surface area contributed by atoms with Gasteiger partial charge in [0.05, 0.1) is 17.9 Å². The minimum absolute atomic E-state index is 0.0550. The molecule has 11 atom stereocenters. The smallest absolute Gasteiger partial charge is 0.350 e. The average molecular weight is 914 g/mol. The summed E-state index contributed by atoms with van der Waals surface area (Å²) in [6, 6.07) is 2.26. The van der Waals surface area contributed by atoms with Crippen molar-refractivity contribution in [1.82, 2.24) is 31.5 Å². The quantitative estimate of drug-likeness (QED) is 0.150. The lowest BCUT2D eigenvalue weighted by atomic mass is 9.85. The fourth-order valence-electron chi connectivity index (χ4n) is 7.51. The summed E-state index contributed by atoms with van der Waals surface area (Å²) in [5, 5.41) is 32.8. The van der Waals surface area contributed by atoms with Gasteiger partial charge in [0.2, 0.25) is 35.4 Å². The van der Waals surface area contributed by atoms with E-state index in [1.54, 1.807) is 21.0 Å². The Labute approximate surface area is 382 Å². The van der Waals surface area contributed by atoms with Crippen molar-refractivity contribution in [2.24, 2.45) is 34.6 Å². The van der Waals surface area contributed by atoms with E-state index in [-0.39, 0.29) is 36.7 Å². The normalized spacial score (nSPS) is 26.8. The van der Waals surface area contributed by atoms with Crippen LogP contribution in [0.2, 0.25) is 0 Å². The van der Waals surface area contributed by atoms with Crippen LogP contribution < -0.4 is 26.6 Å². The first-order chi connectivity index (χ1) is 30.4. The number of rotatable bonds is 13. The highest BCUT2D eigenvalue weighted by molar-refractivity contribution is 6.37. The highest BCUT2D eigenvalue weighted by Gasteiger charge is 2.37. The van der Waals surface area contributed by atoms with Gasteiger partial charge in [-0.1, -0.05) is 71.9 Å². The molecule has 0 spiro atoms. The molecule has 0 aromatic heterocycles. The van der Waals surface area contributed by atoms with Gasteiger partial charge in [0.1, 0.15) is 35.9 Å². The number of carbonyl (C=O) groups is 9. The molecule has 1 aliphatic heterocycles. The predicted octanol–water partition coefficient (Wildman–Crippen LogP) is 2.25. The van der Waals surface area contributed by atoms with Gasteiger partial charge in [0.15, 0.2) is 0 Å². The monoisotopic (exact) mass is 914 g/mol. The third kappa shape index (κ3) is 17.6. The van der Waals surface area contributed by atoms with Crippen molar-refractivity contribution in [3.8, 4) is 0 Å². The molecule has 1 aromatic rings. The second kappa shape index (κ2) is 26.3. The van der Waals surface area contributed by atoms with E-state index in [9.17, 15) is 53.4 Å². The SMILES string of the molecule is CO[C@@H](Cc1ccccc1)[C@@H](C)CC(C)CC[C@@H]1NC(=O)[C@H](C)NC(=O)[C@@H](C)[C@H](C(=O)O)NC(=O)[C@H](CC(C)C)NC(=O)[C@@H](C)NC(=O)[C@H](C)N(C)C(=O)CCC(C(=O)O)=NC(=O)[C@H]1C. The molecule has 362 valence electrons. The van der Waals surface area contributed by atoms with Crippen LogP contribution >= 0.6 is 0 Å². The largest absolute Gasteiger partial charge is 0.480 e. The van der Waals surface area contributed by atoms with Crippen LogP contribution in [0.25, 0.3) is 0 Å². The third-order valence-corrected chi connectivity index (χ3v) is 12.0. The number of amides is 7. The minimum atomic E-state index is -1.80. The van der Waals surface area contributed by atoms with Crippen LogP contribution in [0, 0.1) is 29.6 Å². The number of carbonyl (C=O) groups excluding carboxylic acids is 7. The first-order valence-corrected chi connectivity index (χ1v) is 22.3. The van der Waals surface area contributed by atoms with Gasteiger partial charge in [-0.15, -0.1) is 0 Å². The molecule has 1 unspecified atom stereocenters. The van der Waals surface area contributed by atoms with Crippen molar-refractivity contribution in [2.45, 2.75) is 150 Å². The Morgan fingerprint density at radius 1 is 0.769 bits per heavy atom. The van der Waals surface area contributed by atoms with Crippen molar-refractivity contribution in [3.05, 3.63) is 35.9 Å². The maximum atomic E-state index is 13.8. The number of methoxy groups -OCH3 is 1. The molecule has 2 rings (SSSR count). The van der Waals surface area contributed by atoms with E-state index in [2.05, 4.69) is 38.5 Å². The van der Waals surface area contributed by atoms with Gasteiger partial charge in [0.25, 0.3) is 5.91 Å². The van der Waals surface area contributed by atoms with Crippen LogP contribution in [0.1, 0.15) is 106 Å². The summed E-state index contributed by atoms with van der Waals surface area (Å²) in [5.74, 6) is -11.3. The number of nitrogens with one attached hydrogen (secondary N) is 5. The number of carboxylic acid groups (broad SMARTS) is 2. The number of nitrogens with zero attached hydrogens (tertiary/aromatic N) is 2. The summed E-state index contributed by atoms with van der Waals surface area (Å²) in [6.45, 7) is 14.5. The van der Waals surface area contributed by atoms with Gasteiger partial charge in [-0.05, 0) is 76.2 Å². The number of hydrogen-bond donors (Lipinski definition) is 7. The molecule has 7 amide bonds. The Hall–Kier alpha value is -5.72. The Kier molecular flexibility index (Phi) is 22.4. The predicted molar refractivity (Wildman–Crippen MR) is 241 cm³/mol. The van der Waals surface area contributed by atoms with Crippen LogP contribution in [0.3, 0.4) is 0 Å². The zero-order chi connectivity index (χ0) is 49.3. The molecule has 0 aliphatic carbocycles. The van der Waals surface area contributed by atoms with Gasteiger partial charge in [-0.3, -0.25) is 33.6 Å². The minimum Gasteiger partial charge on any atom is -0.480 e. The van der Waals surface area contributed by atoms with E-state index in [4.69, 9.17) is 4.74 Å². The molecule has 0 saturated heterocycles. The zero-order valence-electron chi connectivity index (χ0n) is 39.6. The van der Waals surface area contributed by atoms with Crippen LogP contribution in [0.15, 0.2) is 35.3 Å². The molecule has 0 fully saturated rings. The maximum Gasteiger partial charge on any atom is 0.350 e. The van der Waals surface area contributed by atoms with Crippen molar-refractivity contribution in [3.63, 3.8) is 0 Å². The lowest BCUT2D eigenvalue weighted by Gasteiger charge is -2.29. The molecule has 1 heterocycles. The summed E-state index contributed by atoms with van der Waals surface area (Å²) in [6.07, 6.45) is 1.23. The van der Waals surface area contributed by atoms with Gasteiger partial charge in [-0.25, -0.2) is 14.6 Å². The van der Waals surface area contributed by atoms with Crippen molar-refractivity contribution < 1.29 is 58.1 Å². The molecule has 0 radical (unpaired) electrons. The maximum absolute atomic E-state index is 13.8. The van der Waals surface area contributed by atoms with Crippen LogP contribution in [0.4, 0.5) is 0 Å². The number of ether oxygens (including phenoxy) is 1. The summed E-state index contributed by atoms with van der Waals surface area (Å²) < 4.78 is 5.85. The van der Waals surface area contributed by atoms with Crippen molar-refractivity contribution in [2.75, 3.05) is 14.2 Å². The Balaban J connectivity index is 2.52. The van der Waals surface area contributed by atoms with Gasteiger partial charge >= 0.3 is 11.9 Å². The number of aliphatic imine (C=N–C) groups is 1. The first kappa shape index (κ1) is 55.4. The molecule has 0 saturated carbocycles. The highest BCUT2D eigenvalue weighted by Crippen LogP contribution is 2.25. The second-order valence-electron chi connectivity index (χ2n) is 17.9. The number of hydrogen-bond acceptors (Lipinski definition) is 10. The molecule has 0 bridgehead atoms. The molecule has 7 N–H and O–H groups in total. The topological polar surface area (TPSA) is 279 Å². The van der Waals surface area contributed by atoms with Crippen molar-refractivity contribution >= 4 is 59.0 Å². The van der Waals surface area contributed by atoms with Gasteiger partial charge in [-0.2, -0.15) is 0 Å². The first-order valence-electron chi connectivity index (χ1n) is 22.3. The van der Waals surface area contributed by atoms with E-state index < -0.39 is 120 Å². The molecular formula is C46H71N7O12. The highest BCUT2D eigenvalue weighted by atomic mass is 16.5. The second-order valence-corrected chi connectivity index (χ2v) is 17.9.